The van der Waals surface area contributed by atoms with Crippen molar-refractivity contribution in [1.29, 1.82) is 0 Å². The molecule has 2 rings (SSSR count). The van der Waals surface area contributed by atoms with Gasteiger partial charge in [-0.1, -0.05) is 6.92 Å². The molecule has 0 aromatic heterocycles. The Bertz CT molecular complexity index is 204. The van der Waals surface area contributed by atoms with Crippen LogP contribution in [0.3, 0.4) is 0 Å². The van der Waals surface area contributed by atoms with Gasteiger partial charge in [0.1, 0.15) is 0 Å². The first-order valence-electron chi connectivity index (χ1n) is 6.24. The monoisotopic (exact) mass is 212 g/mol. The van der Waals surface area contributed by atoms with Crippen LogP contribution in [-0.4, -0.2) is 51.3 Å². The summed E-state index contributed by atoms with van der Waals surface area (Å²) in [7, 11) is 2.24. The molecule has 2 aliphatic rings. The van der Waals surface area contributed by atoms with Gasteiger partial charge in [0.15, 0.2) is 0 Å². The number of nitrogens with zero attached hydrogens (tertiary/aromatic N) is 1. The van der Waals surface area contributed by atoms with Crippen molar-refractivity contribution in [3.63, 3.8) is 0 Å². The van der Waals surface area contributed by atoms with E-state index >= 15 is 0 Å². The summed E-state index contributed by atoms with van der Waals surface area (Å²) in [5.41, 5.74) is 0.449. The molecule has 0 aromatic rings. The van der Waals surface area contributed by atoms with Crippen molar-refractivity contribution in [1.82, 2.24) is 10.2 Å². The van der Waals surface area contributed by atoms with Crippen LogP contribution in [0.5, 0.6) is 0 Å². The minimum Gasteiger partial charge on any atom is -0.380 e. The minimum absolute atomic E-state index is 0.449. The van der Waals surface area contributed by atoms with E-state index in [0.29, 0.717) is 5.41 Å². The van der Waals surface area contributed by atoms with E-state index in [1.54, 1.807) is 0 Å². The minimum atomic E-state index is 0.449. The van der Waals surface area contributed by atoms with Crippen molar-refractivity contribution in [2.45, 2.75) is 19.8 Å². The maximum Gasteiger partial charge on any atom is 0.0560 e. The van der Waals surface area contributed by atoms with Crippen LogP contribution in [0.1, 0.15) is 19.8 Å². The average molecular weight is 212 g/mol. The standard InChI is InChI=1S/C12H24N2O/c1-3-13-8-12(9-15-10-12)11-5-4-6-14(2)7-11/h11,13H,3-10H2,1-2H3. The van der Waals surface area contributed by atoms with Crippen LogP contribution in [0.15, 0.2) is 0 Å². The highest BCUT2D eigenvalue weighted by Crippen LogP contribution is 2.39. The highest BCUT2D eigenvalue weighted by molar-refractivity contribution is 4.95. The summed E-state index contributed by atoms with van der Waals surface area (Å²) >= 11 is 0. The molecule has 15 heavy (non-hydrogen) atoms. The molecule has 1 unspecified atom stereocenters. The summed E-state index contributed by atoms with van der Waals surface area (Å²) in [6.45, 7) is 8.87. The first kappa shape index (κ1) is 11.4. The van der Waals surface area contributed by atoms with Crippen LogP contribution in [0.2, 0.25) is 0 Å². The lowest BCUT2D eigenvalue weighted by Crippen LogP contribution is -2.57. The normalized spacial score (nSPS) is 31.2. The average Bonchev–Trinajstić information content (AvgIpc) is 2.16. The Balaban J connectivity index is 1.92. The second-order valence-electron chi connectivity index (χ2n) is 5.24. The third kappa shape index (κ3) is 2.35. The van der Waals surface area contributed by atoms with Gasteiger partial charge in [0.2, 0.25) is 0 Å². The van der Waals surface area contributed by atoms with Crippen molar-refractivity contribution < 1.29 is 4.74 Å². The zero-order chi connectivity index (χ0) is 10.7. The number of nitrogens with one attached hydrogen (secondary N) is 1. The second-order valence-corrected chi connectivity index (χ2v) is 5.24. The quantitative estimate of drug-likeness (QED) is 0.751. The molecule has 2 fully saturated rings. The molecule has 0 aromatic carbocycles. The Hall–Kier alpha value is -0.120. The topological polar surface area (TPSA) is 24.5 Å². The lowest BCUT2D eigenvalue weighted by atomic mass is 9.70. The number of likely N-dealkylation sites (tertiary alicyclic amines) is 1. The predicted molar refractivity (Wildman–Crippen MR) is 62.0 cm³/mol. The molecule has 2 saturated heterocycles. The van der Waals surface area contributed by atoms with Gasteiger partial charge in [-0.05, 0) is 38.9 Å². The van der Waals surface area contributed by atoms with Crippen molar-refractivity contribution in [3.8, 4) is 0 Å². The molecule has 0 amide bonds. The van der Waals surface area contributed by atoms with Gasteiger partial charge in [-0.3, -0.25) is 0 Å². The molecule has 1 N–H and O–H groups in total. The maximum absolute atomic E-state index is 5.47. The molecule has 2 heterocycles. The van der Waals surface area contributed by atoms with Crippen molar-refractivity contribution in [3.05, 3.63) is 0 Å². The summed E-state index contributed by atoms with van der Waals surface area (Å²) < 4.78 is 5.47. The number of hydrogen-bond donors (Lipinski definition) is 1. The van der Waals surface area contributed by atoms with Crippen LogP contribution in [0.4, 0.5) is 0 Å². The summed E-state index contributed by atoms with van der Waals surface area (Å²) in [6.07, 6.45) is 2.74. The van der Waals surface area contributed by atoms with Gasteiger partial charge >= 0.3 is 0 Å². The van der Waals surface area contributed by atoms with Gasteiger partial charge in [-0.15, -0.1) is 0 Å². The van der Waals surface area contributed by atoms with E-state index in [1.165, 1.54) is 25.9 Å². The summed E-state index contributed by atoms with van der Waals surface area (Å²) in [5.74, 6) is 0.837. The molecule has 0 spiro atoms. The van der Waals surface area contributed by atoms with Gasteiger partial charge in [-0.2, -0.15) is 0 Å². The second kappa shape index (κ2) is 4.81. The first-order valence-corrected chi connectivity index (χ1v) is 6.24. The Labute approximate surface area is 93.2 Å². The van der Waals surface area contributed by atoms with Crippen LogP contribution >= 0.6 is 0 Å². The van der Waals surface area contributed by atoms with Crippen molar-refractivity contribution >= 4 is 0 Å². The lowest BCUT2D eigenvalue weighted by molar-refractivity contribution is -0.153. The number of ether oxygens (including phenoxy) is 1. The first-order chi connectivity index (χ1) is 7.27. The molecule has 0 bridgehead atoms. The molecule has 1 atom stereocenters. The number of hydrogen-bond acceptors (Lipinski definition) is 3. The molecule has 3 heteroatoms. The van der Waals surface area contributed by atoms with Crippen LogP contribution in [0.25, 0.3) is 0 Å². The number of piperidine rings is 1. The number of rotatable bonds is 4. The van der Waals surface area contributed by atoms with E-state index in [-0.39, 0.29) is 0 Å². The zero-order valence-electron chi connectivity index (χ0n) is 10.1. The van der Waals surface area contributed by atoms with E-state index in [9.17, 15) is 0 Å². The molecule has 88 valence electrons. The SMILES string of the molecule is CCNCC1(C2CCCN(C)C2)COC1. The molecule has 3 nitrogen and oxygen atoms in total. The Morgan fingerprint density at radius 2 is 2.27 bits per heavy atom. The largest absolute Gasteiger partial charge is 0.380 e. The van der Waals surface area contributed by atoms with E-state index < -0.39 is 0 Å². The summed E-state index contributed by atoms with van der Waals surface area (Å²) in [6, 6.07) is 0. The van der Waals surface area contributed by atoms with E-state index in [4.69, 9.17) is 4.74 Å². The fourth-order valence-corrected chi connectivity index (χ4v) is 2.89. The van der Waals surface area contributed by atoms with Gasteiger partial charge in [0.25, 0.3) is 0 Å². The van der Waals surface area contributed by atoms with Crippen LogP contribution < -0.4 is 5.32 Å². The molecule has 0 radical (unpaired) electrons. The lowest BCUT2D eigenvalue weighted by Gasteiger charge is -2.50. The van der Waals surface area contributed by atoms with Gasteiger partial charge in [0.05, 0.1) is 13.2 Å². The maximum atomic E-state index is 5.47. The summed E-state index contributed by atoms with van der Waals surface area (Å²) in [4.78, 5) is 2.47. The van der Waals surface area contributed by atoms with E-state index in [2.05, 4.69) is 24.2 Å². The molecule has 0 saturated carbocycles. The smallest absolute Gasteiger partial charge is 0.0560 e. The van der Waals surface area contributed by atoms with E-state index in [0.717, 1.165) is 32.2 Å². The summed E-state index contributed by atoms with van der Waals surface area (Å²) in [5, 5.41) is 3.50. The van der Waals surface area contributed by atoms with Crippen molar-refractivity contribution in [2.24, 2.45) is 11.3 Å². The highest BCUT2D eigenvalue weighted by Gasteiger charge is 2.45. The fraction of sp³-hybridized carbons (Fsp3) is 1.00. The third-order valence-electron chi connectivity index (χ3n) is 4.00. The van der Waals surface area contributed by atoms with Gasteiger partial charge < -0.3 is 15.0 Å². The predicted octanol–water partition coefficient (Wildman–Crippen LogP) is 0.954. The van der Waals surface area contributed by atoms with Gasteiger partial charge in [-0.25, -0.2) is 0 Å². The Morgan fingerprint density at radius 3 is 2.80 bits per heavy atom. The Morgan fingerprint density at radius 1 is 1.47 bits per heavy atom. The zero-order valence-corrected chi connectivity index (χ0v) is 10.1. The molecule has 0 aliphatic carbocycles. The van der Waals surface area contributed by atoms with Crippen molar-refractivity contribution in [2.75, 3.05) is 46.4 Å². The third-order valence-corrected chi connectivity index (χ3v) is 4.00. The van der Waals surface area contributed by atoms with Crippen LogP contribution in [-0.2, 0) is 4.74 Å². The fourth-order valence-electron chi connectivity index (χ4n) is 2.89. The molecule has 2 aliphatic heterocycles. The van der Waals surface area contributed by atoms with Gasteiger partial charge in [0, 0.05) is 18.5 Å². The van der Waals surface area contributed by atoms with E-state index in [1.807, 2.05) is 0 Å². The highest BCUT2D eigenvalue weighted by atomic mass is 16.5. The molecular weight excluding hydrogens is 188 g/mol. The molecular formula is C12H24N2O. The van der Waals surface area contributed by atoms with Crippen LogP contribution in [0, 0.1) is 11.3 Å². The Kier molecular flexibility index (Phi) is 3.65.